The van der Waals surface area contributed by atoms with Crippen molar-refractivity contribution in [3.8, 4) is 0 Å². The average molecular weight is 430 g/mol. The van der Waals surface area contributed by atoms with Crippen molar-refractivity contribution in [2.24, 2.45) is 0 Å². The Bertz CT molecular complexity index is 1010. The number of carbonyl (C=O) groups is 2. The van der Waals surface area contributed by atoms with Gasteiger partial charge >= 0.3 is 5.97 Å². The molecule has 0 unspecified atom stereocenters. The fraction of sp³-hybridized carbons (Fsp3) is 0.200. The second kappa shape index (κ2) is 7.44. The minimum Gasteiger partial charge on any atom is -0.463 e. The molecule has 27 heavy (non-hydrogen) atoms. The van der Waals surface area contributed by atoms with Gasteiger partial charge in [-0.1, -0.05) is 34.1 Å². The van der Waals surface area contributed by atoms with Crippen LogP contribution in [0.1, 0.15) is 34.0 Å². The molecule has 1 aliphatic carbocycles. The Labute approximate surface area is 164 Å². The molecule has 0 atom stereocenters. The van der Waals surface area contributed by atoms with E-state index in [-0.39, 0.29) is 41.0 Å². The molecule has 0 bridgehead atoms. The summed E-state index contributed by atoms with van der Waals surface area (Å²) in [7, 11) is 0. The topological polar surface area (TPSA) is 86.5 Å². The van der Waals surface area contributed by atoms with Gasteiger partial charge in [-0.25, -0.2) is 4.79 Å². The quantitative estimate of drug-likeness (QED) is 0.303. The van der Waals surface area contributed by atoms with Crippen LogP contribution in [-0.4, -0.2) is 23.3 Å². The molecule has 3 rings (SSSR count). The van der Waals surface area contributed by atoms with Crippen LogP contribution >= 0.6 is 15.9 Å². The van der Waals surface area contributed by atoms with Crippen LogP contribution in [0.2, 0.25) is 0 Å². The highest BCUT2D eigenvalue weighted by molar-refractivity contribution is 9.10. The number of ketones is 1. The second-order valence-electron chi connectivity index (χ2n) is 6.09. The van der Waals surface area contributed by atoms with Gasteiger partial charge in [0.1, 0.15) is 0 Å². The number of rotatable bonds is 5. The highest BCUT2D eigenvalue weighted by Gasteiger charge is 2.33. The van der Waals surface area contributed by atoms with E-state index in [1.807, 2.05) is 6.07 Å². The van der Waals surface area contributed by atoms with Crippen LogP contribution in [0.3, 0.4) is 0 Å². The second-order valence-corrected chi connectivity index (χ2v) is 7.00. The molecule has 0 radical (unpaired) electrons. The van der Waals surface area contributed by atoms with E-state index in [1.165, 1.54) is 25.1 Å². The van der Waals surface area contributed by atoms with Crippen molar-refractivity contribution in [3.05, 3.63) is 78.8 Å². The third kappa shape index (κ3) is 3.42. The predicted molar refractivity (Wildman–Crippen MR) is 104 cm³/mol. The molecular weight excluding hydrogens is 414 g/mol. The van der Waals surface area contributed by atoms with Gasteiger partial charge < -0.3 is 4.74 Å². The summed E-state index contributed by atoms with van der Waals surface area (Å²) >= 11 is 3.40. The molecule has 0 N–H and O–H groups in total. The monoisotopic (exact) mass is 429 g/mol. The fourth-order valence-corrected chi connectivity index (χ4v) is 3.66. The Morgan fingerprint density at radius 1 is 1.26 bits per heavy atom. The number of nitrogens with zero attached hydrogens (tertiary/aromatic N) is 1. The van der Waals surface area contributed by atoms with Crippen molar-refractivity contribution in [2.75, 3.05) is 6.61 Å². The molecule has 0 fully saturated rings. The Hall–Kier alpha value is -2.80. The van der Waals surface area contributed by atoms with E-state index in [4.69, 9.17) is 4.74 Å². The van der Waals surface area contributed by atoms with Crippen molar-refractivity contribution in [2.45, 2.75) is 20.3 Å². The van der Waals surface area contributed by atoms with Crippen molar-refractivity contribution in [1.29, 1.82) is 0 Å². The van der Waals surface area contributed by atoms with Gasteiger partial charge in [-0.2, -0.15) is 0 Å². The molecule has 1 aliphatic rings. The summed E-state index contributed by atoms with van der Waals surface area (Å²) in [4.78, 5) is 36.5. The molecule has 0 aliphatic heterocycles. The fourth-order valence-electron chi connectivity index (χ4n) is 3.25. The Morgan fingerprint density at radius 3 is 2.67 bits per heavy atom. The van der Waals surface area contributed by atoms with Crippen LogP contribution in [0, 0.1) is 17.0 Å². The van der Waals surface area contributed by atoms with E-state index >= 15 is 0 Å². The van der Waals surface area contributed by atoms with Gasteiger partial charge in [-0.05, 0) is 37.1 Å². The average Bonchev–Trinajstić information content (AvgIpc) is 2.99. The molecule has 0 saturated heterocycles. The van der Waals surface area contributed by atoms with E-state index in [1.54, 1.807) is 19.1 Å². The molecule has 0 heterocycles. The van der Waals surface area contributed by atoms with Crippen molar-refractivity contribution in [1.82, 2.24) is 0 Å². The number of carbonyl (C=O) groups excluding carboxylic acids is 2. The third-order valence-electron chi connectivity index (χ3n) is 4.50. The first kappa shape index (κ1) is 19.0. The van der Waals surface area contributed by atoms with Crippen molar-refractivity contribution >= 4 is 38.9 Å². The number of hydrogen-bond donors (Lipinski definition) is 0. The molecule has 0 amide bonds. The van der Waals surface area contributed by atoms with Gasteiger partial charge in [-0.3, -0.25) is 14.9 Å². The number of fused-ring (bicyclic) bond motifs is 1. The molecule has 2 aromatic carbocycles. The molecule has 0 saturated carbocycles. The maximum Gasteiger partial charge on any atom is 0.335 e. The number of hydrogen-bond acceptors (Lipinski definition) is 5. The Kier molecular flexibility index (Phi) is 5.23. The van der Waals surface area contributed by atoms with E-state index in [0.29, 0.717) is 5.56 Å². The number of ether oxygens (including phenoxy) is 1. The van der Waals surface area contributed by atoms with Crippen molar-refractivity contribution < 1.29 is 19.2 Å². The lowest BCUT2D eigenvalue weighted by atomic mass is 9.93. The predicted octanol–water partition coefficient (Wildman–Crippen LogP) is 4.42. The smallest absolute Gasteiger partial charge is 0.335 e. The van der Waals surface area contributed by atoms with Crippen LogP contribution < -0.4 is 0 Å². The standard InChI is InChI=1S/C20H16BrNO5/c1-3-27-20(24)16-10-12-9-13(21)7-8-15(12)18(16)19(23)14-5-4-6-17(11(14)2)22(25)26/h4-9H,3,10H2,1-2H3. The van der Waals surface area contributed by atoms with Crippen LogP contribution in [0.25, 0.3) is 5.57 Å². The summed E-state index contributed by atoms with van der Waals surface area (Å²) in [5.74, 6) is -0.961. The Balaban J connectivity index is 2.18. The maximum atomic E-state index is 13.3. The third-order valence-corrected chi connectivity index (χ3v) is 4.99. The number of halogens is 1. The summed E-state index contributed by atoms with van der Waals surface area (Å²) < 4.78 is 5.96. The molecule has 138 valence electrons. The molecule has 0 spiro atoms. The summed E-state index contributed by atoms with van der Waals surface area (Å²) in [6, 6.07) is 9.78. The number of esters is 1. The van der Waals surface area contributed by atoms with Gasteiger partial charge in [0.05, 0.1) is 17.1 Å². The number of allylic oxidation sites excluding steroid dienone is 1. The van der Waals surface area contributed by atoms with Crippen LogP contribution in [0.5, 0.6) is 0 Å². The van der Waals surface area contributed by atoms with Gasteiger partial charge in [0, 0.05) is 33.7 Å². The normalized spacial score (nSPS) is 12.7. The van der Waals surface area contributed by atoms with Gasteiger partial charge in [-0.15, -0.1) is 0 Å². The molecule has 6 nitrogen and oxygen atoms in total. The first-order valence-electron chi connectivity index (χ1n) is 8.33. The Morgan fingerprint density at radius 2 is 2.00 bits per heavy atom. The number of benzene rings is 2. The lowest BCUT2D eigenvalue weighted by Gasteiger charge is -2.10. The number of nitro groups is 1. The zero-order chi connectivity index (χ0) is 19.7. The SMILES string of the molecule is CCOC(=O)C1=C(C(=O)c2cccc([N+](=O)[O-])c2C)c2ccc(Br)cc2C1. The number of Topliss-reactive ketones (excluding diaryl/α,β-unsaturated/α-hetero) is 1. The van der Waals surface area contributed by atoms with Crippen molar-refractivity contribution in [3.63, 3.8) is 0 Å². The minimum atomic E-state index is -0.545. The molecule has 0 aromatic heterocycles. The van der Waals surface area contributed by atoms with E-state index < -0.39 is 16.7 Å². The van der Waals surface area contributed by atoms with E-state index in [2.05, 4.69) is 15.9 Å². The zero-order valence-electron chi connectivity index (χ0n) is 14.7. The van der Waals surface area contributed by atoms with Crippen LogP contribution in [-0.2, 0) is 16.0 Å². The summed E-state index contributed by atoms with van der Waals surface area (Å²) in [5.41, 5.74) is 2.36. The molecule has 7 heteroatoms. The lowest BCUT2D eigenvalue weighted by Crippen LogP contribution is -2.13. The van der Waals surface area contributed by atoms with Gasteiger partial charge in [0.25, 0.3) is 5.69 Å². The summed E-state index contributed by atoms with van der Waals surface area (Å²) in [6.45, 7) is 3.43. The first-order chi connectivity index (χ1) is 12.8. The van der Waals surface area contributed by atoms with Crippen LogP contribution in [0.15, 0.2) is 46.4 Å². The molecular formula is C20H16BrNO5. The maximum absolute atomic E-state index is 13.3. The first-order valence-corrected chi connectivity index (χ1v) is 9.12. The minimum absolute atomic E-state index is 0.131. The zero-order valence-corrected chi connectivity index (χ0v) is 16.3. The van der Waals surface area contributed by atoms with E-state index in [9.17, 15) is 19.7 Å². The highest BCUT2D eigenvalue weighted by atomic mass is 79.9. The van der Waals surface area contributed by atoms with E-state index in [0.717, 1.165) is 10.0 Å². The largest absolute Gasteiger partial charge is 0.463 e. The van der Waals surface area contributed by atoms with Gasteiger partial charge in [0.15, 0.2) is 5.78 Å². The highest BCUT2D eigenvalue weighted by Crippen LogP contribution is 2.38. The van der Waals surface area contributed by atoms with Gasteiger partial charge in [0.2, 0.25) is 0 Å². The number of nitro benzene ring substituents is 1. The summed E-state index contributed by atoms with van der Waals surface area (Å²) in [5, 5.41) is 11.2. The summed E-state index contributed by atoms with van der Waals surface area (Å²) in [6.07, 6.45) is 0.280. The lowest BCUT2D eigenvalue weighted by molar-refractivity contribution is -0.385. The molecule has 2 aromatic rings. The van der Waals surface area contributed by atoms with Crippen LogP contribution in [0.4, 0.5) is 5.69 Å².